The normalized spacial score (nSPS) is 22.2. The molecule has 1 aliphatic heterocycles. The van der Waals surface area contributed by atoms with E-state index in [4.69, 9.17) is 23.2 Å². The van der Waals surface area contributed by atoms with Crippen molar-refractivity contribution < 1.29 is 21.9 Å². The van der Waals surface area contributed by atoms with Crippen LogP contribution in [0.4, 0.5) is 0 Å². The van der Waals surface area contributed by atoms with Gasteiger partial charge in [-0.1, -0.05) is 53.5 Å². The van der Waals surface area contributed by atoms with E-state index in [0.29, 0.717) is 5.56 Å². The van der Waals surface area contributed by atoms with Crippen molar-refractivity contribution in [3.63, 3.8) is 0 Å². The molecule has 6 nitrogen and oxygen atoms in total. The van der Waals surface area contributed by atoms with Crippen LogP contribution in [0.2, 0.25) is 10.0 Å². The van der Waals surface area contributed by atoms with Crippen molar-refractivity contribution >= 4 is 43.1 Å². The Kier molecular flexibility index (Phi) is 5.86. The highest BCUT2D eigenvalue weighted by Gasteiger charge is 2.44. The van der Waals surface area contributed by atoms with E-state index in [1.54, 1.807) is 30.3 Å². The molecule has 0 spiro atoms. The second-order valence-electron chi connectivity index (χ2n) is 6.32. The van der Waals surface area contributed by atoms with Crippen molar-refractivity contribution in [3.05, 3.63) is 64.1 Å². The summed E-state index contributed by atoms with van der Waals surface area (Å²) < 4.78 is 51.5. The summed E-state index contributed by atoms with van der Waals surface area (Å²) in [5.41, 5.74) is 0.664. The zero-order valence-electron chi connectivity index (χ0n) is 14.0. The molecule has 1 fully saturated rings. The maximum absolute atomic E-state index is 13.3. The quantitative estimate of drug-likeness (QED) is 0.755. The number of halogens is 2. The number of sulfonamides is 1. The number of benzene rings is 2. The van der Waals surface area contributed by atoms with Gasteiger partial charge in [0.2, 0.25) is 10.0 Å². The largest absolute Gasteiger partial charge is 0.390 e. The summed E-state index contributed by atoms with van der Waals surface area (Å²) in [5.74, 6) is -0.915. The van der Waals surface area contributed by atoms with E-state index in [1.165, 1.54) is 18.2 Å². The summed E-state index contributed by atoms with van der Waals surface area (Å²) >= 11 is 11.8. The van der Waals surface area contributed by atoms with Gasteiger partial charge in [0.1, 0.15) is 0 Å². The summed E-state index contributed by atoms with van der Waals surface area (Å²) in [6, 6.07) is 11.5. The Morgan fingerprint density at radius 1 is 1.04 bits per heavy atom. The molecule has 2 aromatic carbocycles. The SMILES string of the molecule is O=S1(=O)C[C@@H](O)[C@@H](N(Cc2ccccc2)S(=O)(=O)c2ccc(Cl)c(Cl)c2)C1. The highest BCUT2D eigenvalue weighted by atomic mass is 35.5. The molecule has 0 saturated carbocycles. The van der Waals surface area contributed by atoms with Gasteiger partial charge in [-0.15, -0.1) is 0 Å². The average molecular weight is 450 g/mol. The lowest BCUT2D eigenvalue weighted by atomic mass is 10.2. The van der Waals surface area contributed by atoms with Crippen LogP contribution in [-0.2, 0) is 26.4 Å². The number of hydrogen-bond acceptors (Lipinski definition) is 5. The van der Waals surface area contributed by atoms with Gasteiger partial charge in [0.15, 0.2) is 9.84 Å². The predicted octanol–water partition coefficient (Wildman–Crippen LogP) is 2.34. The smallest absolute Gasteiger partial charge is 0.243 e. The van der Waals surface area contributed by atoms with Crippen molar-refractivity contribution in [3.8, 4) is 0 Å². The molecule has 146 valence electrons. The third kappa shape index (κ3) is 4.47. The van der Waals surface area contributed by atoms with Gasteiger partial charge >= 0.3 is 0 Å². The second-order valence-corrected chi connectivity index (χ2v) is 11.2. The first-order chi connectivity index (χ1) is 12.6. The molecule has 0 unspecified atom stereocenters. The van der Waals surface area contributed by atoms with Crippen LogP contribution in [-0.4, -0.2) is 49.9 Å². The van der Waals surface area contributed by atoms with Crippen LogP contribution >= 0.6 is 23.2 Å². The first kappa shape index (κ1) is 20.6. The maximum atomic E-state index is 13.3. The van der Waals surface area contributed by atoms with Crippen molar-refractivity contribution in [1.82, 2.24) is 4.31 Å². The first-order valence-corrected chi connectivity index (χ1v) is 12.0. The van der Waals surface area contributed by atoms with Gasteiger partial charge in [-0.2, -0.15) is 4.31 Å². The Morgan fingerprint density at radius 2 is 1.70 bits per heavy atom. The van der Waals surface area contributed by atoms with Crippen LogP contribution in [0.15, 0.2) is 53.4 Å². The fourth-order valence-corrected chi connectivity index (χ4v) is 6.93. The highest BCUT2D eigenvalue weighted by Crippen LogP contribution is 2.30. The van der Waals surface area contributed by atoms with Gasteiger partial charge in [-0.3, -0.25) is 0 Å². The molecule has 1 heterocycles. The molecular formula is C17H17Cl2NO5S2. The van der Waals surface area contributed by atoms with Crippen LogP contribution in [0.3, 0.4) is 0 Å². The zero-order chi connectivity index (χ0) is 19.8. The minimum Gasteiger partial charge on any atom is -0.390 e. The Balaban J connectivity index is 2.06. The van der Waals surface area contributed by atoms with Crippen molar-refractivity contribution in [1.29, 1.82) is 0 Å². The predicted molar refractivity (Wildman–Crippen MR) is 104 cm³/mol. The van der Waals surface area contributed by atoms with Gasteiger partial charge in [0.05, 0.1) is 38.6 Å². The Morgan fingerprint density at radius 3 is 2.26 bits per heavy atom. The summed E-state index contributed by atoms with van der Waals surface area (Å²) in [5, 5.41) is 10.5. The first-order valence-electron chi connectivity index (χ1n) is 7.99. The number of aliphatic hydroxyl groups is 1. The third-order valence-corrected chi connectivity index (χ3v) is 8.65. The molecule has 0 aromatic heterocycles. The van der Waals surface area contributed by atoms with Crippen LogP contribution in [0.5, 0.6) is 0 Å². The molecule has 0 amide bonds. The van der Waals surface area contributed by atoms with E-state index in [2.05, 4.69) is 0 Å². The van der Waals surface area contributed by atoms with Gasteiger partial charge < -0.3 is 5.11 Å². The van der Waals surface area contributed by atoms with Crippen molar-refractivity contribution in [2.45, 2.75) is 23.6 Å². The molecule has 2 atom stereocenters. The van der Waals surface area contributed by atoms with Gasteiger partial charge in [-0.25, -0.2) is 16.8 Å². The Labute approximate surface area is 168 Å². The molecular weight excluding hydrogens is 433 g/mol. The second kappa shape index (κ2) is 7.69. The monoisotopic (exact) mass is 449 g/mol. The molecule has 1 saturated heterocycles. The molecule has 1 N–H and O–H groups in total. The Bertz CT molecular complexity index is 1040. The van der Waals surface area contributed by atoms with Crippen LogP contribution in [0.25, 0.3) is 0 Å². The summed E-state index contributed by atoms with van der Waals surface area (Å²) in [7, 11) is -7.68. The molecule has 0 radical (unpaired) electrons. The zero-order valence-corrected chi connectivity index (χ0v) is 17.1. The number of sulfone groups is 1. The molecule has 3 rings (SSSR count). The molecule has 0 aliphatic carbocycles. The van der Waals surface area contributed by atoms with Crippen molar-refractivity contribution in [2.24, 2.45) is 0 Å². The lowest BCUT2D eigenvalue weighted by Crippen LogP contribution is -2.46. The standard InChI is InChI=1S/C17H17Cl2NO5S2/c18-14-7-6-13(8-15(14)19)27(24,25)20(9-12-4-2-1-3-5-12)16-10-26(22,23)11-17(16)21/h1-8,16-17,21H,9-11H2/t16-,17+/m0/s1. The fraction of sp³-hybridized carbons (Fsp3) is 0.294. The van der Waals surface area contributed by atoms with Gasteiger partial charge in [0.25, 0.3) is 0 Å². The molecule has 1 aliphatic rings. The lowest BCUT2D eigenvalue weighted by Gasteiger charge is -2.29. The minimum atomic E-state index is -4.14. The van der Waals surface area contributed by atoms with E-state index in [-0.39, 0.29) is 21.5 Å². The molecule has 10 heteroatoms. The van der Waals surface area contributed by atoms with E-state index in [9.17, 15) is 21.9 Å². The maximum Gasteiger partial charge on any atom is 0.243 e. The summed E-state index contributed by atoms with van der Waals surface area (Å²) in [6.07, 6.45) is -1.31. The third-order valence-electron chi connectivity index (χ3n) is 4.34. The number of nitrogens with zero attached hydrogens (tertiary/aromatic N) is 1. The topological polar surface area (TPSA) is 91.8 Å². The minimum absolute atomic E-state index is 0.0667. The molecule has 27 heavy (non-hydrogen) atoms. The lowest BCUT2D eigenvalue weighted by molar-refractivity contribution is 0.125. The van der Waals surface area contributed by atoms with Gasteiger partial charge in [0, 0.05) is 6.54 Å². The number of hydrogen-bond donors (Lipinski definition) is 1. The highest BCUT2D eigenvalue weighted by molar-refractivity contribution is 7.92. The number of rotatable bonds is 5. The Hall–Kier alpha value is -1.16. The van der Waals surface area contributed by atoms with E-state index in [0.717, 1.165) is 4.31 Å². The van der Waals surface area contributed by atoms with Crippen LogP contribution in [0, 0.1) is 0 Å². The van der Waals surface area contributed by atoms with Crippen LogP contribution in [0.1, 0.15) is 5.56 Å². The van der Waals surface area contributed by atoms with E-state index >= 15 is 0 Å². The van der Waals surface area contributed by atoms with Gasteiger partial charge in [-0.05, 0) is 23.8 Å². The summed E-state index contributed by atoms with van der Waals surface area (Å²) in [6.45, 7) is -0.0827. The van der Waals surface area contributed by atoms with Crippen molar-refractivity contribution in [2.75, 3.05) is 11.5 Å². The van der Waals surface area contributed by atoms with Crippen LogP contribution < -0.4 is 0 Å². The fourth-order valence-electron chi connectivity index (χ4n) is 3.00. The number of aliphatic hydroxyl groups excluding tert-OH is 1. The van der Waals surface area contributed by atoms with E-state index in [1.807, 2.05) is 0 Å². The molecule has 2 aromatic rings. The summed E-state index contributed by atoms with van der Waals surface area (Å²) in [4.78, 5) is -0.121. The molecule has 0 bridgehead atoms. The van der Waals surface area contributed by atoms with E-state index < -0.39 is 43.5 Å². The average Bonchev–Trinajstić information content (AvgIpc) is 2.88.